The number of benzene rings is 1. The van der Waals surface area contributed by atoms with E-state index in [1.807, 2.05) is 6.07 Å². The van der Waals surface area contributed by atoms with Crippen LogP contribution in [-0.2, 0) is 6.54 Å². The van der Waals surface area contributed by atoms with E-state index in [9.17, 15) is 4.39 Å². The number of nitrogens with zero attached hydrogens (tertiary/aromatic N) is 1. The van der Waals surface area contributed by atoms with E-state index >= 15 is 0 Å². The molecule has 1 aromatic carbocycles. The molecule has 3 nitrogen and oxygen atoms in total. The number of halogens is 1. The molecule has 0 radical (unpaired) electrons. The molecule has 0 spiro atoms. The molecule has 0 bridgehead atoms. The van der Waals surface area contributed by atoms with Crippen LogP contribution in [0.15, 0.2) is 35.2 Å². The molecule has 1 N–H and O–H groups in total. The standard InChI is InChI=1S/C11H11FN2O/c1-8-10(12)3-2-4-11(8)14-6-9-5-13-7-15-9/h2-5,7,14H,6H2,1H3. The van der Waals surface area contributed by atoms with Gasteiger partial charge in [0.1, 0.15) is 11.6 Å². The molecule has 0 aliphatic rings. The SMILES string of the molecule is Cc1c(F)cccc1NCc1cnco1. The molecule has 0 atom stereocenters. The Bertz CT molecular complexity index is 440. The Morgan fingerprint density at radius 2 is 2.33 bits per heavy atom. The molecule has 0 amide bonds. The molecule has 2 rings (SSSR count). The first-order valence-corrected chi connectivity index (χ1v) is 4.64. The van der Waals surface area contributed by atoms with E-state index in [2.05, 4.69) is 10.3 Å². The van der Waals surface area contributed by atoms with Crippen LogP contribution in [0.25, 0.3) is 0 Å². The van der Waals surface area contributed by atoms with Gasteiger partial charge in [-0.05, 0) is 19.1 Å². The minimum absolute atomic E-state index is 0.211. The zero-order chi connectivity index (χ0) is 10.7. The third kappa shape index (κ3) is 2.15. The molecule has 0 saturated carbocycles. The lowest BCUT2D eigenvalue weighted by Gasteiger charge is -2.07. The van der Waals surface area contributed by atoms with Crippen LogP contribution in [0.1, 0.15) is 11.3 Å². The summed E-state index contributed by atoms with van der Waals surface area (Å²) in [4.78, 5) is 3.79. The number of rotatable bonds is 3. The highest BCUT2D eigenvalue weighted by Gasteiger charge is 2.03. The fraction of sp³-hybridized carbons (Fsp3) is 0.182. The maximum absolute atomic E-state index is 13.2. The second-order valence-corrected chi connectivity index (χ2v) is 3.23. The highest BCUT2D eigenvalue weighted by atomic mass is 19.1. The van der Waals surface area contributed by atoms with Crippen LogP contribution in [0, 0.1) is 12.7 Å². The van der Waals surface area contributed by atoms with E-state index < -0.39 is 0 Å². The lowest BCUT2D eigenvalue weighted by Crippen LogP contribution is -2.00. The van der Waals surface area contributed by atoms with Gasteiger partial charge in [-0.3, -0.25) is 0 Å². The Kier molecular flexibility index (Phi) is 2.67. The van der Waals surface area contributed by atoms with Gasteiger partial charge < -0.3 is 9.73 Å². The molecule has 1 heterocycles. The lowest BCUT2D eigenvalue weighted by atomic mass is 10.2. The van der Waals surface area contributed by atoms with Crippen LogP contribution in [0.3, 0.4) is 0 Å². The van der Waals surface area contributed by atoms with Gasteiger partial charge in [0.25, 0.3) is 0 Å². The summed E-state index contributed by atoms with van der Waals surface area (Å²) in [7, 11) is 0. The quantitative estimate of drug-likeness (QED) is 0.839. The topological polar surface area (TPSA) is 38.1 Å². The Morgan fingerprint density at radius 3 is 3.07 bits per heavy atom. The van der Waals surface area contributed by atoms with Crippen molar-refractivity contribution in [3.8, 4) is 0 Å². The highest BCUT2D eigenvalue weighted by Crippen LogP contribution is 2.17. The van der Waals surface area contributed by atoms with Gasteiger partial charge in [0.05, 0.1) is 12.7 Å². The van der Waals surface area contributed by atoms with Crippen molar-refractivity contribution in [3.05, 3.63) is 47.9 Å². The third-order valence-corrected chi connectivity index (χ3v) is 2.20. The number of anilines is 1. The van der Waals surface area contributed by atoms with Crippen molar-refractivity contribution in [1.82, 2.24) is 4.98 Å². The molecule has 1 aromatic heterocycles. The summed E-state index contributed by atoms with van der Waals surface area (Å²) < 4.78 is 18.2. The predicted molar refractivity (Wildman–Crippen MR) is 55.0 cm³/mol. The molecule has 4 heteroatoms. The van der Waals surface area contributed by atoms with E-state index in [0.717, 1.165) is 11.4 Å². The Balaban J connectivity index is 2.08. The predicted octanol–water partition coefficient (Wildman–Crippen LogP) is 2.73. The van der Waals surface area contributed by atoms with Gasteiger partial charge in [0, 0.05) is 11.3 Å². The largest absolute Gasteiger partial charge is 0.447 e. The van der Waals surface area contributed by atoms with Crippen molar-refractivity contribution in [2.45, 2.75) is 13.5 Å². The van der Waals surface area contributed by atoms with Crippen molar-refractivity contribution < 1.29 is 8.81 Å². The maximum atomic E-state index is 13.2. The second kappa shape index (κ2) is 4.13. The summed E-state index contributed by atoms with van der Waals surface area (Å²) in [5, 5.41) is 3.08. The van der Waals surface area contributed by atoms with E-state index in [-0.39, 0.29) is 5.82 Å². The third-order valence-electron chi connectivity index (χ3n) is 2.20. The summed E-state index contributed by atoms with van der Waals surface area (Å²) >= 11 is 0. The van der Waals surface area contributed by atoms with Gasteiger partial charge >= 0.3 is 0 Å². The van der Waals surface area contributed by atoms with E-state index in [4.69, 9.17) is 4.42 Å². The van der Waals surface area contributed by atoms with Gasteiger partial charge in [-0.15, -0.1) is 0 Å². The van der Waals surface area contributed by atoms with Crippen LogP contribution in [-0.4, -0.2) is 4.98 Å². The first-order valence-electron chi connectivity index (χ1n) is 4.64. The minimum atomic E-state index is -0.211. The molecule has 0 saturated heterocycles. The average molecular weight is 206 g/mol. The Morgan fingerprint density at radius 1 is 1.47 bits per heavy atom. The first kappa shape index (κ1) is 9.71. The molecule has 78 valence electrons. The zero-order valence-corrected chi connectivity index (χ0v) is 8.33. The van der Waals surface area contributed by atoms with E-state index in [0.29, 0.717) is 12.1 Å². The normalized spacial score (nSPS) is 10.3. The first-order chi connectivity index (χ1) is 7.27. The van der Waals surface area contributed by atoms with Crippen LogP contribution in [0.4, 0.5) is 10.1 Å². The van der Waals surface area contributed by atoms with Crippen LogP contribution in [0.5, 0.6) is 0 Å². The van der Waals surface area contributed by atoms with Crippen LogP contribution in [0.2, 0.25) is 0 Å². The molecule has 0 aliphatic heterocycles. The second-order valence-electron chi connectivity index (χ2n) is 3.23. The molecular weight excluding hydrogens is 195 g/mol. The fourth-order valence-corrected chi connectivity index (χ4v) is 1.31. The molecule has 15 heavy (non-hydrogen) atoms. The molecule has 0 aliphatic carbocycles. The van der Waals surface area contributed by atoms with Crippen LogP contribution < -0.4 is 5.32 Å². The van der Waals surface area contributed by atoms with Gasteiger partial charge in [0.2, 0.25) is 0 Å². The Hall–Kier alpha value is -1.84. The van der Waals surface area contributed by atoms with Crippen molar-refractivity contribution >= 4 is 5.69 Å². The van der Waals surface area contributed by atoms with Gasteiger partial charge in [-0.25, -0.2) is 9.37 Å². The smallest absolute Gasteiger partial charge is 0.180 e. The fourth-order valence-electron chi connectivity index (χ4n) is 1.31. The highest BCUT2D eigenvalue weighted by molar-refractivity contribution is 5.50. The van der Waals surface area contributed by atoms with E-state index in [1.165, 1.54) is 12.5 Å². The minimum Gasteiger partial charge on any atom is -0.447 e. The summed E-state index contributed by atoms with van der Waals surface area (Å²) in [6.07, 6.45) is 3.00. The summed E-state index contributed by atoms with van der Waals surface area (Å²) in [5.41, 5.74) is 1.38. The van der Waals surface area contributed by atoms with Gasteiger partial charge in [0.15, 0.2) is 6.39 Å². The summed E-state index contributed by atoms with van der Waals surface area (Å²) in [6.45, 7) is 2.24. The van der Waals surface area contributed by atoms with Crippen LogP contribution >= 0.6 is 0 Å². The maximum Gasteiger partial charge on any atom is 0.180 e. The Labute approximate surface area is 86.9 Å². The lowest BCUT2D eigenvalue weighted by molar-refractivity contribution is 0.511. The number of oxazole rings is 1. The number of hydrogen-bond donors (Lipinski definition) is 1. The van der Waals surface area contributed by atoms with Gasteiger partial charge in [-0.2, -0.15) is 0 Å². The van der Waals surface area contributed by atoms with Crippen molar-refractivity contribution in [1.29, 1.82) is 0 Å². The molecular formula is C11H11FN2O. The zero-order valence-electron chi connectivity index (χ0n) is 8.33. The monoisotopic (exact) mass is 206 g/mol. The number of hydrogen-bond acceptors (Lipinski definition) is 3. The average Bonchev–Trinajstić information content (AvgIpc) is 2.73. The van der Waals surface area contributed by atoms with Gasteiger partial charge in [-0.1, -0.05) is 6.07 Å². The van der Waals surface area contributed by atoms with Crippen molar-refractivity contribution in [2.24, 2.45) is 0 Å². The number of aromatic nitrogens is 1. The molecule has 0 unspecified atom stereocenters. The molecule has 0 fully saturated rings. The number of nitrogens with one attached hydrogen (secondary N) is 1. The summed E-state index contributed by atoms with van der Waals surface area (Å²) in [6, 6.07) is 4.94. The van der Waals surface area contributed by atoms with Crippen molar-refractivity contribution in [2.75, 3.05) is 5.32 Å². The summed E-state index contributed by atoms with van der Waals surface area (Å²) in [5.74, 6) is 0.510. The van der Waals surface area contributed by atoms with Crippen molar-refractivity contribution in [3.63, 3.8) is 0 Å². The van der Waals surface area contributed by atoms with E-state index in [1.54, 1.807) is 19.2 Å². The molecule has 2 aromatic rings.